The van der Waals surface area contributed by atoms with Gasteiger partial charge in [-0.05, 0) is 61.7 Å². The number of hydrogen-bond donors (Lipinski definition) is 3. The highest BCUT2D eigenvalue weighted by molar-refractivity contribution is 5.97. The van der Waals surface area contributed by atoms with E-state index in [1.165, 1.54) is 0 Å². The van der Waals surface area contributed by atoms with Crippen LogP contribution in [0.25, 0.3) is 22.5 Å². The van der Waals surface area contributed by atoms with E-state index in [-0.39, 0.29) is 11.5 Å². The summed E-state index contributed by atoms with van der Waals surface area (Å²) in [6.45, 7) is 5.81. The van der Waals surface area contributed by atoms with Crippen molar-refractivity contribution in [2.24, 2.45) is 0 Å². The van der Waals surface area contributed by atoms with E-state index >= 15 is 0 Å². The lowest BCUT2D eigenvalue weighted by Gasteiger charge is -2.17. The topological polar surface area (TPSA) is 123 Å². The molecule has 34 heavy (non-hydrogen) atoms. The number of carboxylic acids is 1. The number of nitrogens with two attached hydrogens (primary N) is 1. The fourth-order valence-corrected chi connectivity index (χ4v) is 4.15. The van der Waals surface area contributed by atoms with Gasteiger partial charge < -0.3 is 16.2 Å². The standard InChI is InChI=1S/C25H23N7O2/c1-14-7-4-5-10-19(14)32-23(28-22-15(2)8-6-9-18(22)24(33)34)21(16(3)29-32)17-11-12-31-20(13-17)27-25(26)30-31/h4-13,28H,1-3H3,(H2,26,30)(H,33,34). The minimum atomic E-state index is -1.01. The fraction of sp³-hybridized carbons (Fsp3) is 0.120. The Morgan fingerprint density at radius 3 is 2.53 bits per heavy atom. The molecule has 0 amide bonds. The quantitative estimate of drug-likeness (QED) is 0.357. The van der Waals surface area contributed by atoms with Crippen LogP contribution in [0.4, 0.5) is 17.5 Å². The number of aromatic nitrogens is 5. The van der Waals surface area contributed by atoms with Gasteiger partial charge in [0.15, 0.2) is 5.65 Å². The van der Waals surface area contributed by atoms with E-state index in [1.54, 1.807) is 22.8 Å². The molecule has 9 heteroatoms. The van der Waals surface area contributed by atoms with Gasteiger partial charge in [-0.3, -0.25) is 0 Å². The first-order chi connectivity index (χ1) is 16.3. The molecule has 0 fully saturated rings. The molecule has 0 atom stereocenters. The van der Waals surface area contributed by atoms with Crippen molar-refractivity contribution in [2.45, 2.75) is 20.8 Å². The minimum Gasteiger partial charge on any atom is -0.478 e. The van der Waals surface area contributed by atoms with Crippen LogP contribution in [-0.4, -0.2) is 35.5 Å². The number of aryl methyl sites for hydroxylation is 3. The number of pyridine rings is 1. The zero-order chi connectivity index (χ0) is 24.0. The average Bonchev–Trinajstić information content (AvgIpc) is 3.33. The molecular weight excluding hydrogens is 430 g/mol. The van der Waals surface area contributed by atoms with Gasteiger partial charge in [0.05, 0.1) is 22.6 Å². The smallest absolute Gasteiger partial charge is 0.337 e. The highest BCUT2D eigenvalue weighted by atomic mass is 16.4. The molecule has 0 aliphatic heterocycles. The van der Waals surface area contributed by atoms with Gasteiger partial charge in [0, 0.05) is 11.8 Å². The zero-order valence-corrected chi connectivity index (χ0v) is 18.9. The summed E-state index contributed by atoms with van der Waals surface area (Å²) >= 11 is 0. The number of aromatic carboxylic acids is 1. The molecular formula is C25H23N7O2. The Labute approximate surface area is 195 Å². The van der Waals surface area contributed by atoms with Crippen LogP contribution in [0.5, 0.6) is 0 Å². The van der Waals surface area contributed by atoms with Gasteiger partial charge in [0.1, 0.15) is 5.82 Å². The average molecular weight is 454 g/mol. The van der Waals surface area contributed by atoms with Gasteiger partial charge in [-0.25, -0.2) is 14.0 Å². The van der Waals surface area contributed by atoms with E-state index < -0.39 is 5.97 Å². The number of fused-ring (bicyclic) bond motifs is 1. The van der Waals surface area contributed by atoms with Gasteiger partial charge in [-0.2, -0.15) is 10.1 Å². The maximum Gasteiger partial charge on any atom is 0.337 e. The maximum absolute atomic E-state index is 12.0. The Balaban J connectivity index is 1.78. The molecule has 0 aliphatic rings. The second kappa shape index (κ2) is 8.04. The predicted octanol–water partition coefficient (Wildman–Crippen LogP) is 4.53. The van der Waals surface area contributed by atoms with E-state index in [2.05, 4.69) is 15.4 Å². The van der Waals surface area contributed by atoms with E-state index in [0.717, 1.165) is 33.6 Å². The van der Waals surface area contributed by atoms with E-state index in [9.17, 15) is 9.90 Å². The van der Waals surface area contributed by atoms with Crippen LogP contribution in [0.1, 0.15) is 27.2 Å². The van der Waals surface area contributed by atoms with Gasteiger partial charge in [0.25, 0.3) is 0 Å². The zero-order valence-electron chi connectivity index (χ0n) is 18.9. The fourth-order valence-electron chi connectivity index (χ4n) is 4.15. The second-order valence-electron chi connectivity index (χ2n) is 8.12. The molecule has 2 aromatic carbocycles. The Kier molecular flexibility index (Phi) is 5.01. The lowest BCUT2D eigenvalue weighted by molar-refractivity contribution is 0.0698. The lowest BCUT2D eigenvalue weighted by Crippen LogP contribution is -2.09. The summed E-state index contributed by atoms with van der Waals surface area (Å²) in [5.74, 6) is -0.166. The van der Waals surface area contributed by atoms with Crippen LogP contribution < -0.4 is 11.1 Å². The van der Waals surface area contributed by atoms with Crippen molar-refractivity contribution in [1.82, 2.24) is 24.4 Å². The number of nitrogen functional groups attached to an aromatic ring is 1. The second-order valence-corrected chi connectivity index (χ2v) is 8.12. The molecule has 5 aromatic rings. The summed E-state index contributed by atoms with van der Waals surface area (Å²) in [5, 5.41) is 22.2. The van der Waals surface area contributed by atoms with E-state index in [4.69, 9.17) is 10.8 Å². The van der Waals surface area contributed by atoms with Crippen molar-refractivity contribution in [1.29, 1.82) is 0 Å². The molecule has 5 rings (SSSR count). The van der Waals surface area contributed by atoms with Crippen LogP contribution in [-0.2, 0) is 0 Å². The maximum atomic E-state index is 12.0. The third-order valence-electron chi connectivity index (χ3n) is 5.79. The van der Waals surface area contributed by atoms with Crippen molar-refractivity contribution in [3.8, 4) is 16.8 Å². The summed E-state index contributed by atoms with van der Waals surface area (Å²) in [6.07, 6.45) is 1.79. The first-order valence-electron chi connectivity index (χ1n) is 10.7. The summed E-state index contributed by atoms with van der Waals surface area (Å²) in [5.41, 5.74) is 12.2. The van der Waals surface area contributed by atoms with Gasteiger partial charge in [-0.15, -0.1) is 5.10 Å². The Hall–Kier alpha value is -4.66. The SMILES string of the molecule is Cc1ccccc1-n1nc(C)c(-c2ccn3nc(N)nc3c2)c1Nc1c(C)cccc1C(=O)O. The molecule has 0 saturated carbocycles. The lowest BCUT2D eigenvalue weighted by atomic mass is 10.0. The molecule has 0 bridgehead atoms. The number of carbonyl (C=O) groups is 1. The van der Waals surface area contributed by atoms with E-state index in [1.807, 2.05) is 67.9 Å². The van der Waals surface area contributed by atoms with Crippen LogP contribution in [0.3, 0.4) is 0 Å². The molecule has 0 radical (unpaired) electrons. The molecule has 0 saturated heterocycles. The number of nitrogens with one attached hydrogen (secondary N) is 1. The van der Waals surface area contributed by atoms with Crippen LogP contribution in [0, 0.1) is 20.8 Å². The molecule has 0 spiro atoms. The van der Waals surface area contributed by atoms with Crippen LogP contribution >= 0.6 is 0 Å². The van der Waals surface area contributed by atoms with E-state index in [0.29, 0.717) is 17.2 Å². The molecule has 9 nitrogen and oxygen atoms in total. The first-order valence-corrected chi connectivity index (χ1v) is 10.7. The largest absolute Gasteiger partial charge is 0.478 e. The molecule has 0 aliphatic carbocycles. The Bertz CT molecular complexity index is 1570. The highest BCUT2D eigenvalue weighted by Gasteiger charge is 2.22. The summed E-state index contributed by atoms with van der Waals surface area (Å²) in [6, 6.07) is 16.9. The van der Waals surface area contributed by atoms with Gasteiger partial charge >= 0.3 is 5.97 Å². The number of para-hydroxylation sites is 2. The van der Waals surface area contributed by atoms with Gasteiger partial charge in [0.2, 0.25) is 5.95 Å². The number of nitrogens with zero attached hydrogens (tertiary/aromatic N) is 5. The number of anilines is 3. The summed E-state index contributed by atoms with van der Waals surface area (Å²) in [7, 11) is 0. The molecule has 3 aromatic heterocycles. The molecule has 4 N–H and O–H groups in total. The third kappa shape index (κ3) is 3.53. The van der Waals surface area contributed by atoms with Crippen LogP contribution in [0.2, 0.25) is 0 Å². The minimum absolute atomic E-state index is 0.182. The molecule has 0 unspecified atom stereocenters. The monoisotopic (exact) mass is 453 g/mol. The Morgan fingerprint density at radius 1 is 1.00 bits per heavy atom. The number of benzene rings is 2. The van der Waals surface area contributed by atoms with Crippen molar-refractivity contribution < 1.29 is 9.90 Å². The number of rotatable bonds is 5. The molecule has 3 heterocycles. The molecule has 170 valence electrons. The highest BCUT2D eigenvalue weighted by Crippen LogP contribution is 2.37. The summed E-state index contributed by atoms with van der Waals surface area (Å²) < 4.78 is 3.43. The van der Waals surface area contributed by atoms with Crippen LogP contribution in [0.15, 0.2) is 60.8 Å². The van der Waals surface area contributed by atoms with Crippen molar-refractivity contribution in [3.05, 3.63) is 83.2 Å². The Morgan fingerprint density at radius 2 is 1.76 bits per heavy atom. The third-order valence-corrected chi connectivity index (χ3v) is 5.79. The summed E-state index contributed by atoms with van der Waals surface area (Å²) in [4.78, 5) is 16.3. The number of hydrogen-bond acceptors (Lipinski definition) is 6. The normalized spacial score (nSPS) is 11.1. The van der Waals surface area contributed by atoms with Crippen molar-refractivity contribution >= 4 is 29.1 Å². The predicted molar refractivity (Wildman–Crippen MR) is 131 cm³/mol. The number of carboxylic acid groups (broad SMARTS) is 1. The van der Waals surface area contributed by atoms with Crippen molar-refractivity contribution in [2.75, 3.05) is 11.1 Å². The van der Waals surface area contributed by atoms with Crippen molar-refractivity contribution in [3.63, 3.8) is 0 Å². The first kappa shape index (κ1) is 21.2. The van der Waals surface area contributed by atoms with Gasteiger partial charge in [-0.1, -0.05) is 30.3 Å².